The van der Waals surface area contributed by atoms with Crippen LogP contribution in [0.5, 0.6) is 0 Å². The summed E-state index contributed by atoms with van der Waals surface area (Å²) in [6, 6.07) is 4.91. The summed E-state index contributed by atoms with van der Waals surface area (Å²) in [5, 5.41) is 2.91. The number of carbonyl (C=O) groups excluding carboxylic acids is 1. The molecule has 1 amide bonds. The molecular weight excluding hydrogens is 312 g/mol. The average Bonchev–Trinajstić information content (AvgIpc) is 2.48. The second-order valence-electron chi connectivity index (χ2n) is 5.73. The lowest BCUT2D eigenvalue weighted by Crippen LogP contribution is -2.33. The molecule has 0 bridgehead atoms. The van der Waals surface area contributed by atoms with Crippen LogP contribution in [-0.4, -0.2) is 37.8 Å². The average molecular weight is 340 g/mol. The summed E-state index contributed by atoms with van der Waals surface area (Å²) in [5.41, 5.74) is 1.03. The molecule has 0 aromatic heterocycles. The molecule has 0 aliphatic heterocycles. The molecule has 5 nitrogen and oxygen atoms in total. The van der Waals surface area contributed by atoms with Crippen LogP contribution in [0.2, 0.25) is 0 Å². The summed E-state index contributed by atoms with van der Waals surface area (Å²) in [6.07, 6.45) is 1.87. The van der Waals surface area contributed by atoms with Crippen LogP contribution in [0.4, 0.5) is 0 Å². The number of nitrogens with one attached hydrogen (secondary N) is 1. The van der Waals surface area contributed by atoms with E-state index < -0.39 is 10.0 Å². The molecule has 23 heavy (non-hydrogen) atoms. The van der Waals surface area contributed by atoms with Crippen LogP contribution in [0.15, 0.2) is 23.1 Å². The number of aryl methyl sites for hydroxylation is 1. The van der Waals surface area contributed by atoms with Crippen molar-refractivity contribution in [2.75, 3.05) is 13.1 Å². The second-order valence-corrected chi connectivity index (χ2v) is 7.64. The number of rotatable bonds is 8. The van der Waals surface area contributed by atoms with E-state index in [2.05, 4.69) is 12.2 Å². The van der Waals surface area contributed by atoms with Crippen molar-refractivity contribution in [2.45, 2.75) is 58.4 Å². The molecule has 1 aromatic carbocycles. The van der Waals surface area contributed by atoms with E-state index >= 15 is 0 Å². The molecule has 130 valence electrons. The van der Waals surface area contributed by atoms with E-state index in [-0.39, 0.29) is 16.8 Å². The SMILES string of the molecule is CCCC(C)NC(=O)c1ccc(C)c(S(=O)(=O)N(CC)CC)c1. The quantitative estimate of drug-likeness (QED) is 0.791. The highest BCUT2D eigenvalue weighted by molar-refractivity contribution is 7.89. The molecule has 0 heterocycles. The number of carbonyl (C=O) groups is 1. The Balaban J connectivity index is 3.16. The van der Waals surface area contributed by atoms with Crippen LogP contribution in [0.3, 0.4) is 0 Å². The number of amides is 1. The van der Waals surface area contributed by atoms with Gasteiger partial charge >= 0.3 is 0 Å². The normalized spacial score (nSPS) is 13.1. The van der Waals surface area contributed by atoms with E-state index in [1.807, 2.05) is 6.92 Å². The molecule has 0 saturated heterocycles. The van der Waals surface area contributed by atoms with Crippen LogP contribution in [-0.2, 0) is 10.0 Å². The lowest BCUT2D eigenvalue weighted by molar-refractivity contribution is 0.0938. The van der Waals surface area contributed by atoms with Crippen molar-refractivity contribution in [2.24, 2.45) is 0 Å². The minimum Gasteiger partial charge on any atom is -0.350 e. The lowest BCUT2D eigenvalue weighted by Gasteiger charge is -2.20. The summed E-state index contributed by atoms with van der Waals surface area (Å²) in [4.78, 5) is 12.5. The molecule has 1 N–H and O–H groups in total. The summed E-state index contributed by atoms with van der Waals surface area (Å²) in [6.45, 7) is 10.2. The molecule has 0 spiro atoms. The molecule has 0 aliphatic carbocycles. The van der Waals surface area contributed by atoms with Gasteiger partial charge in [-0.25, -0.2) is 8.42 Å². The highest BCUT2D eigenvalue weighted by atomic mass is 32.2. The number of hydrogen-bond acceptors (Lipinski definition) is 3. The Morgan fingerprint density at radius 2 is 1.83 bits per heavy atom. The maximum atomic E-state index is 12.7. The fourth-order valence-electron chi connectivity index (χ4n) is 2.53. The zero-order chi connectivity index (χ0) is 17.6. The van der Waals surface area contributed by atoms with Crippen molar-refractivity contribution < 1.29 is 13.2 Å². The van der Waals surface area contributed by atoms with Crippen molar-refractivity contribution in [1.82, 2.24) is 9.62 Å². The third kappa shape index (κ3) is 4.78. The molecule has 1 aromatic rings. The van der Waals surface area contributed by atoms with Gasteiger partial charge in [0.1, 0.15) is 0 Å². The predicted molar refractivity (Wildman–Crippen MR) is 93.1 cm³/mol. The second kappa shape index (κ2) is 8.45. The molecule has 0 aliphatic rings. The van der Waals surface area contributed by atoms with Gasteiger partial charge in [-0.3, -0.25) is 4.79 Å². The Hall–Kier alpha value is -1.40. The zero-order valence-electron chi connectivity index (χ0n) is 14.7. The fraction of sp³-hybridized carbons (Fsp3) is 0.588. The van der Waals surface area contributed by atoms with Crippen LogP contribution in [0.1, 0.15) is 56.5 Å². The van der Waals surface area contributed by atoms with Crippen LogP contribution < -0.4 is 5.32 Å². The lowest BCUT2D eigenvalue weighted by atomic mass is 10.1. The first-order chi connectivity index (χ1) is 10.8. The molecule has 1 rings (SSSR count). The van der Waals surface area contributed by atoms with E-state index in [0.29, 0.717) is 24.2 Å². The van der Waals surface area contributed by atoms with Crippen LogP contribution in [0, 0.1) is 6.92 Å². The highest BCUT2D eigenvalue weighted by Crippen LogP contribution is 2.21. The summed E-state index contributed by atoms with van der Waals surface area (Å²) < 4.78 is 26.8. The Morgan fingerprint density at radius 3 is 2.35 bits per heavy atom. The van der Waals surface area contributed by atoms with E-state index in [0.717, 1.165) is 12.8 Å². The first-order valence-corrected chi connectivity index (χ1v) is 9.63. The minimum absolute atomic E-state index is 0.0663. The van der Waals surface area contributed by atoms with E-state index in [4.69, 9.17) is 0 Å². The van der Waals surface area contributed by atoms with Crippen LogP contribution >= 0.6 is 0 Å². The highest BCUT2D eigenvalue weighted by Gasteiger charge is 2.24. The van der Waals surface area contributed by atoms with Gasteiger partial charge < -0.3 is 5.32 Å². The van der Waals surface area contributed by atoms with Gasteiger partial charge in [-0.05, 0) is 38.0 Å². The van der Waals surface area contributed by atoms with E-state index in [9.17, 15) is 13.2 Å². The summed E-state index contributed by atoms with van der Waals surface area (Å²) in [7, 11) is -3.57. The third-order valence-corrected chi connectivity index (χ3v) is 6.06. The summed E-state index contributed by atoms with van der Waals surface area (Å²) in [5.74, 6) is -0.234. The molecule has 1 atom stereocenters. The van der Waals surface area contributed by atoms with Gasteiger partial charge in [-0.15, -0.1) is 0 Å². The largest absolute Gasteiger partial charge is 0.350 e. The standard InChI is InChI=1S/C17H28N2O3S/c1-6-9-14(5)18-17(20)15-11-10-13(4)16(12-15)23(21,22)19(7-2)8-3/h10-12,14H,6-9H2,1-5H3,(H,18,20). The molecule has 0 radical (unpaired) electrons. The predicted octanol–water partition coefficient (Wildman–Crippen LogP) is 2.94. The maximum absolute atomic E-state index is 12.7. The number of benzene rings is 1. The van der Waals surface area contributed by atoms with Crippen molar-refractivity contribution in [3.8, 4) is 0 Å². The molecule has 0 fully saturated rings. The first-order valence-electron chi connectivity index (χ1n) is 8.19. The van der Waals surface area contributed by atoms with Crippen molar-refractivity contribution >= 4 is 15.9 Å². The first kappa shape index (κ1) is 19.6. The topological polar surface area (TPSA) is 66.5 Å². The van der Waals surface area contributed by atoms with E-state index in [1.165, 1.54) is 10.4 Å². The number of hydrogen-bond donors (Lipinski definition) is 1. The zero-order valence-corrected chi connectivity index (χ0v) is 15.5. The van der Waals surface area contributed by atoms with Gasteiger partial charge in [0, 0.05) is 24.7 Å². The monoisotopic (exact) mass is 340 g/mol. The molecule has 1 unspecified atom stereocenters. The fourth-order valence-corrected chi connectivity index (χ4v) is 4.24. The van der Waals surface area contributed by atoms with Gasteiger partial charge in [0.05, 0.1) is 4.90 Å². The minimum atomic E-state index is -3.57. The Kier molecular flexibility index (Phi) is 7.22. The maximum Gasteiger partial charge on any atom is 0.251 e. The third-order valence-electron chi connectivity index (χ3n) is 3.87. The van der Waals surface area contributed by atoms with E-state index in [1.54, 1.807) is 32.9 Å². The van der Waals surface area contributed by atoms with Crippen molar-refractivity contribution in [3.63, 3.8) is 0 Å². The smallest absolute Gasteiger partial charge is 0.251 e. The van der Waals surface area contributed by atoms with Crippen molar-refractivity contribution in [3.05, 3.63) is 29.3 Å². The van der Waals surface area contributed by atoms with Crippen LogP contribution in [0.25, 0.3) is 0 Å². The molecule has 0 saturated carbocycles. The van der Waals surface area contributed by atoms with Crippen molar-refractivity contribution in [1.29, 1.82) is 0 Å². The van der Waals surface area contributed by atoms with Gasteiger partial charge in [-0.2, -0.15) is 4.31 Å². The Labute approximate surface area is 140 Å². The summed E-state index contributed by atoms with van der Waals surface area (Å²) >= 11 is 0. The Morgan fingerprint density at radius 1 is 1.22 bits per heavy atom. The van der Waals surface area contributed by atoms with Gasteiger partial charge in [0.15, 0.2) is 0 Å². The number of sulfonamides is 1. The van der Waals surface area contributed by atoms with Gasteiger partial charge in [0.25, 0.3) is 5.91 Å². The Bertz CT molecular complexity index is 637. The molecule has 6 heteroatoms. The van der Waals surface area contributed by atoms with Gasteiger partial charge in [-0.1, -0.05) is 33.3 Å². The number of nitrogens with zero attached hydrogens (tertiary/aromatic N) is 1. The molecular formula is C17H28N2O3S. The van der Waals surface area contributed by atoms with Gasteiger partial charge in [0.2, 0.25) is 10.0 Å².